The maximum absolute atomic E-state index is 13.4. The van der Waals surface area contributed by atoms with Crippen molar-refractivity contribution < 1.29 is 27.5 Å². The van der Waals surface area contributed by atoms with Gasteiger partial charge in [0.05, 0.1) is 11.1 Å². The number of nitrogens with zero attached hydrogens (tertiary/aromatic N) is 2. The summed E-state index contributed by atoms with van der Waals surface area (Å²) in [4.78, 5) is 26.7. The van der Waals surface area contributed by atoms with Crippen LogP contribution in [0.4, 0.5) is 18.9 Å². The molecule has 0 fully saturated rings. The molecular formula is C22H25ClF3N3O3. The number of amides is 2. The highest BCUT2D eigenvalue weighted by molar-refractivity contribution is 6.30. The maximum Gasteiger partial charge on any atom is 0.573 e. The Morgan fingerprint density at radius 1 is 1.03 bits per heavy atom. The van der Waals surface area contributed by atoms with E-state index in [4.69, 9.17) is 11.6 Å². The number of ether oxygens (including phenoxy) is 1. The number of alkyl halides is 3. The molecule has 2 rings (SSSR count). The zero-order valence-electron chi connectivity index (χ0n) is 18.4. The van der Waals surface area contributed by atoms with Crippen molar-refractivity contribution in [3.8, 4) is 5.75 Å². The van der Waals surface area contributed by atoms with Crippen LogP contribution in [0.2, 0.25) is 5.02 Å². The minimum Gasteiger partial charge on any atom is -0.405 e. The molecule has 174 valence electrons. The first kappa shape index (κ1) is 25.3. The Kier molecular flexibility index (Phi) is 7.66. The summed E-state index contributed by atoms with van der Waals surface area (Å²) in [5.74, 6) is -2.06. The van der Waals surface area contributed by atoms with Crippen molar-refractivity contribution in [3.05, 3.63) is 58.6 Å². The van der Waals surface area contributed by atoms with E-state index in [9.17, 15) is 22.8 Å². The van der Waals surface area contributed by atoms with Gasteiger partial charge in [0.1, 0.15) is 5.75 Å². The number of carbonyl (C=O) groups is 2. The van der Waals surface area contributed by atoms with Gasteiger partial charge in [-0.3, -0.25) is 9.59 Å². The summed E-state index contributed by atoms with van der Waals surface area (Å²) < 4.78 is 42.7. The van der Waals surface area contributed by atoms with Gasteiger partial charge in [-0.1, -0.05) is 11.6 Å². The molecule has 0 aromatic heterocycles. The molecule has 0 bridgehead atoms. The highest BCUT2D eigenvalue weighted by atomic mass is 35.5. The van der Waals surface area contributed by atoms with Gasteiger partial charge in [-0.2, -0.15) is 0 Å². The number of carbonyl (C=O) groups excluding carboxylic acids is 2. The quantitative estimate of drug-likeness (QED) is 0.577. The van der Waals surface area contributed by atoms with Crippen LogP contribution in [0.25, 0.3) is 0 Å². The molecule has 0 heterocycles. The molecule has 6 nitrogen and oxygen atoms in total. The third kappa shape index (κ3) is 6.06. The van der Waals surface area contributed by atoms with Crippen molar-refractivity contribution in [2.24, 2.45) is 0 Å². The lowest BCUT2D eigenvalue weighted by Gasteiger charge is -2.43. The minimum atomic E-state index is -5.02. The van der Waals surface area contributed by atoms with Crippen LogP contribution < -0.4 is 10.1 Å². The molecule has 32 heavy (non-hydrogen) atoms. The molecule has 1 N–H and O–H groups in total. The number of hydrazine groups is 1. The van der Waals surface area contributed by atoms with Crippen LogP contribution in [0.3, 0.4) is 0 Å². The lowest BCUT2D eigenvalue weighted by Crippen LogP contribution is -2.58. The van der Waals surface area contributed by atoms with Gasteiger partial charge in [-0.25, -0.2) is 10.0 Å². The first-order valence-electron chi connectivity index (χ1n) is 9.78. The van der Waals surface area contributed by atoms with E-state index >= 15 is 0 Å². The first-order valence-corrected chi connectivity index (χ1v) is 10.2. The molecule has 0 spiro atoms. The van der Waals surface area contributed by atoms with Gasteiger partial charge in [-0.05, 0) is 70.2 Å². The number of hydrogen-bond donors (Lipinski definition) is 1. The fraction of sp³-hybridized carbons (Fsp3) is 0.364. The molecule has 0 saturated heterocycles. The minimum absolute atomic E-state index is 0.0184. The zero-order valence-corrected chi connectivity index (χ0v) is 19.1. The van der Waals surface area contributed by atoms with E-state index in [1.165, 1.54) is 11.1 Å². The lowest BCUT2D eigenvalue weighted by molar-refractivity contribution is -0.274. The normalized spacial score (nSPS) is 11.7. The van der Waals surface area contributed by atoms with Crippen molar-refractivity contribution in [3.63, 3.8) is 0 Å². The molecule has 2 aromatic rings. The average molecular weight is 472 g/mol. The predicted molar refractivity (Wildman–Crippen MR) is 117 cm³/mol. The molecule has 0 unspecified atom stereocenters. The van der Waals surface area contributed by atoms with Crippen LogP contribution in [0.5, 0.6) is 5.75 Å². The van der Waals surface area contributed by atoms with Crippen molar-refractivity contribution in [1.82, 2.24) is 10.0 Å². The molecular weight excluding hydrogens is 447 g/mol. The molecule has 0 radical (unpaired) electrons. The molecule has 0 aliphatic carbocycles. The standard InChI is InChI=1S/C22H25ClF3N3O3/c1-6-28(20(31)17-12-9-15(23)13-18(17)32-22(24,25)26)29(21(2,3)4)19(30)14-7-10-16(27-5)11-8-14/h7-13,27H,6H2,1-5H3. The first-order chi connectivity index (χ1) is 14.8. The van der Waals surface area contributed by atoms with E-state index in [0.29, 0.717) is 5.56 Å². The summed E-state index contributed by atoms with van der Waals surface area (Å²) in [6.45, 7) is 6.80. The van der Waals surface area contributed by atoms with Gasteiger partial charge in [0.2, 0.25) is 0 Å². The van der Waals surface area contributed by atoms with E-state index < -0.39 is 29.5 Å². The summed E-state index contributed by atoms with van der Waals surface area (Å²) in [7, 11) is 1.74. The smallest absolute Gasteiger partial charge is 0.405 e. The summed E-state index contributed by atoms with van der Waals surface area (Å²) in [5.41, 5.74) is -0.140. The maximum atomic E-state index is 13.4. The van der Waals surface area contributed by atoms with Crippen LogP contribution in [0, 0.1) is 0 Å². The van der Waals surface area contributed by atoms with Crippen LogP contribution in [0.1, 0.15) is 48.4 Å². The number of halogens is 4. The summed E-state index contributed by atoms with van der Waals surface area (Å²) in [6.07, 6.45) is -5.02. The predicted octanol–water partition coefficient (Wildman–Crippen LogP) is 5.60. The molecule has 0 atom stereocenters. The van der Waals surface area contributed by atoms with Gasteiger partial charge in [0.25, 0.3) is 11.8 Å². The number of rotatable bonds is 5. The number of anilines is 1. The lowest BCUT2D eigenvalue weighted by atomic mass is 10.1. The van der Waals surface area contributed by atoms with Crippen molar-refractivity contribution in [2.75, 3.05) is 18.9 Å². The van der Waals surface area contributed by atoms with Gasteiger partial charge in [0, 0.05) is 29.9 Å². The fourth-order valence-corrected chi connectivity index (χ4v) is 3.24. The summed E-state index contributed by atoms with van der Waals surface area (Å²) in [6, 6.07) is 9.96. The largest absolute Gasteiger partial charge is 0.573 e. The van der Waals surface area contributed by atoms with Crippen LogP contribution in [-0.4, -0.2) is 47.3 Å². The molecule has 2 aromatic carbocycles. The fourth-order valence-electron chi connectivity index (χ4n) is 3.08. The second kappa shape index (κ2) is 9.68. The van der Waals surface area contributed by atoms with E-state index in [1.54, 1.807) is 59.0 Å². The molecule has 0 aliphatic heterocycles. The molecule has 10 heteroatoms. The Hall–Kier alpha value is -2.94. The van der Waals surface area contributed by atoms with Crippen LogP contribution in [-0.2, 0) is 0 Å². The number of benzene rings is 2. The average Bonchev–Trinajstić information content (AvgIpc) is 2.69. The Bertz CT molecular complexity index is 973. The summed E-state index contributed by atoms with van der Waals surface area (Å²) in [5, 5.41) is 5.25. The highest BCUT2D eigenvalue weighted by Crippen LogP contribution is 2.31. The van der Waals surface area contributed by atoms with Crippen molar-refractivity contribution >= 4 is 29.1 Å². The molecule has 2 amide bonds. The Labute approximate surface area is 189 Å². The van der Waals surface area contributed by atoms with Crippen LogP contribution >= 0.6 is 11.6 Å². The zero-order chi connectivity index (χ0) is 24.3. The van der Waals surface area contributed by atoms with Gasteiger partial charge >= 0.3 is 6.36 Å². The number of nitrogens with one attached hydrogen (secondary N) is 1. The second-order valence-corrected chi connectivity index (χ2v) is 8.26. The SMILES string of the molecule is CCN(C(=O)c1ccc(Cl)cc1OC(F)(F)F)N(C(=O)c1ccc(NC)cc1)C(C)(C)C. The van der Waals surface area contributed by atoms with Gasteiger partial charge < -0.3 is 10.1 Å². The Balaban J connectivity index is 2.52. The Morgan fingerprint density at radius 2 is 1.62 bits per heavy atom. The van der Waals surface area contributed by atoms with E-state index in [1.807, 2.05) is 0 Å². The molecule has 0 aliphatic rings. The Morgan fingerprint density at radius 3 is 2.09 bits per heavy atom. The topological polar surface area (TPSA) is 61.9 Å². The number of hydrogen-bond acceptors (Lipinski definition) is 4. The van der Waals surface area contributed by atoms with E-state index in [-0.39, 0.29) is 17.1 Å². The monoisotopic (exact) mass is 471 g/mol. The molecule has 0 saturated carbocycles. The van der Waals surface area contributed by atoms with Crippen molar-refractivity contribution in [1.29, 1.82) is 0 Å². The highest BCUT2D eigenvalue weighted by Gasteiger charge is 2.38. The van der Waals surface area contributed by atoms with Gasteiger partial charge in [0.15, 0.2) is 0 Å². The van der Waals surface area contributed by atoms with E-state index in [2.05, 4.69) is 10.1 Å². The summed E-state index contributed by atoms with van der Waals surface area (Å²) >= 11 is 5.81. The van der Waals surface area contributed by atoms with E-state index in [0.717, 1.165) is 22.8 Å². The van der Waals surface area contributed by atoms with Gasteiger partial charge in [-0.15, -0.1) is 13.2 Å². The van der Waals surface area contributed by atoms with Crippen LogP contribution in [0.15, 0.2) is 42.5 Å². The third-order valence-electron chi connectivity index (χ3n) is 4.42. The van der Waals surface area contributed by atoms with Crippen molar-refractivity contribution in [2.45, 2.75) is 39.6 Å². The third-order valence-corrected chi connectivity index (χ3v) is 4.66. The second-order valence-electron chi connectivity index (χ2n) is 7.82.